The van der Waals surface area contributed by atoms with Crippen molar-refractivity contribution in [3.8, 4) is 0 Å². The largest absolute Gasteiger partial charge is 0.399 e. The maximum Gasteiger partial charge on any atom is 0.247 e. The Kier molecular flexibility index (Phi) is 6.88. The number of imide groups is 1. The second-order valence-corrected chi connectivity index (χ2v) is 9.48. The molecule has 0 aliphatic carbocycles. The average Bonchev–Trinajstić information content (AvgIpc) is 3.06. The second kappa shape index (κ2) is 9.83. The van der Waals surface area contributed by atoms with E-state index in [2.05, 4.69) is 0 Å². The van der Waals surface area contributed by atoms with Gasteiger partial charge in [0.15, 0.2) is 5.78 Å². The molecule has 2 N–H and O–H groups in total. The summed E-state index contributed by atoms with van der Waals surface area (Å²) in [4.78, 5) is 40.0. The Bertz CT molecular complexity index is 1270. The molecule has 0 aromatic heterocycles. The molecule has 4 rings (SSSR count). The van der Waals surface area contributed by atoms with Gasteiger partial charge in [0.2, 0.25) is 11.8 Å². The number of ketones is 1. The van der Waals surface area contributed by atoms with Crippen LogP contribution in [0, 0.1) is 0 Å². The zero-order valence-corrected chi connectivity index (χ0v) is 19.5. The van der Waals surface area contributed by atoms with Crippen molar-refractivity contribution in [1.29, 1.82) is 0 Å². The zero-order chi connectivity index (χ0) is 23.5. The van der Waals surface area contributed by atoms with Gasteiger partial charge in [-0.1, -0.05) is 35.3 Å². The van der Waals surface area contributed by atoms with E-state index in [9.17, 15) is 14.4 Å². The monoisotopic (exact) mass is 496 g/mol. The summed E-state index contributed by atoms with van der Waals surface area (Å²) >= 11 is 13.3. The summed E-state index contributed by atoms with van der Waals surface area (Å²) in [5.74, 6) is -0.803. The number of hydrogen-bond acceptors (Lipinski definition) is 5. The maximum atomic E-state index is 12.9. The highest BCUT2D eigenvalue weighted by Gasteiger charge is 2.40. The van der Waals surface area contributed by atoms with Gasteiger partial charge < -0.3 is 5.73 Å². The first-order valence-electron chi connectivity index (χ1n) is 9.98. The van der Waals surface area contributed by atoms with Gasteiger partial charge in [0.1, 0.15) is 0 Å². The number of nitrogen functional groups attached to an aromatic ring is 1. The van der Waals surface area contributed by atoms with E-state index in [0.29, 0.717) is 32.5 Å². The molecular weight excluding hydrogens is 479 g/mol. The lowest BCUT2D eigenvalue weighted by atomic mass is 10.1. The lowest BCUT2D eigenvalue weighted by Gasteiger charge is -2.15. The van der Waals surface area contributed by atoms with Crippen LogP contribution in [0.4, 0.5) is 11.4 Å². The zero-order valence-electron chi connectivity index (χ0n) is 17.2. The van der Waals surface area contributed by atoms with Crippen LogP contribution in [-0.2, 0) is 9.59 Å². The number of carbonyl (C=O) groups is 3. The van der Waals surface area contributed by atoms with E-state index in [1.54, 1.807) is 60.7 Å². The Balaban J connectivity index is 1.46. The van der Waals surface area contributed by atoms with Gasteiger partial charge in [0.25, 0.3) is 0 Å². The van der Waals surface area contributed by atoms with Gasteiger partial charge in [-0.05, 0) is 72.3 Å². The summed E-state index contributed by atoms with van der Waals surface area (Å²) < 4.78 is 0. The molecule has 8 heteroatoms. The molecule has 1 aliphatic heterocycles. The number of hydrogen-bond donors (Lipinski definition) is 1. The van der Waals surface area contributed by atoms with Gasteiger partial charge in [-0.15, -0.1) is 11.8 Å². The first kappa shape index (κ1) is 23.1. The minimum absolute atomic E-state index is 0.101. The molecule has 0 saturated carbocycles. The predicted molar refractivity (Wildman–Crippen MR) is 134 cm³/mol. The van der Waals surface area contributed by atoms with Crippen LogP contribution in [-0.4, -0.2) is 22.8 Å². The molecule has 33 heavy (non-hydrogen) atoms. The molecule has 0 radical (unpaired) electrons. The van der Waals surface area contributed by atoms with Crippen molar-refractivity contribution in [3.63, 3.8) is 0 Å². The molecule has 0 bridgehead atoms. The second-order valence-electron chi connectivity index (χ2n) is 7.36. The Hall–Kier alpha value is -3.06. The number of thioether (sulfide) groups is 1. The molecule has 2 amide bonds. The van der Waals surface area contributed by atoms with Gasteiger partial charge in [-0.2, -0.15) is 0 Å². The first-order valence-corrected chi connectivity index (χ1v) is 11.6. The quantitative estimate of drug-likeness (QED) is 0.199. The van der Waals surface area contributed by atoms with Gasteiger partial charge in [0.05, 0.1) is 10.9 Å². The molecule has 1 saturated heterocycles. The highest BCUT2D eigenvalue weighted by atomic mass is 35.5. The number of nitrogens with two attached hydrogens (primary N) is 1. The third-order valence-electron chi connectivity index (χ3n) is 5.03. The fourth-order valence-electron chi connectivity index (χ4n) is 3.39. The van der Waals surface area contributed by atoms with Crippen molar-refractivity contribution in [3.05, 3.63) is 94.0 Å². The van der Waals surface area contributed by atoms with Gasteiger partial charge in [-0.25, -0.2) is 4.90 Å². The van der Waals surface area contributed by atoms with Crippen LogP contribution in [0.3, 0.4) is 0 Å². The third-order valence-corrected chi connectivity index (χ3v) is 6.77. The highest BCUT2D eigenvalue weighted by molar-refractivity contribution is 8.00. The summed E-state index contributed by atoms with van der Waals surface area (Å²) in [7, 11) is 0. The molecule has 1 unspecified atom stereocenters. The van der Waals surface area contributed by atoms with Crippen LogP contribution in [0.1, 0.15) is 22.3 Å². The third kappa shape index (κ3) is 5.30. The molecule has 1 aliphatic rings. The summed E-state index contributed by atoms with van der Waals surface area (Å²) in [5, 5.41) is 0.435. The molecule has 3 aromatic carbocycles. The number of benzene rings is 3. The molecule has 0 spiro atoms. The fraction of sp³-hybridized carbons (Fsp3) is 0.0800. The fourth-order valence-corrected chi connectivity index (χ4v) is 4.99. The Labute approximate surface area is 205 Å². The van der Waals surface area contributed by atoms with Gasteiger partial charge >= 0.3 is 0 Å². The van der Waals surface area contributed by atoms with Crippen molar-refractivity contribution in [2.75, 3.05) is 10.6 Å². The normalized spacial score (nSPS) is 16.1. The summed E-state index contributed by atoms with van der Waals surface area (Å²) in [6.45, 7) is 0. The van der Waals surface area contributed by atoms with E-state index < -0.39 is 5.25 Å². The summed E-state index contributed by atoms with van der Waals surface area (Å²) in [5.41, 5.74) is 7.92. The number of nitrogens with zero attached hydrogens (tertiary/aromatic N) is 1. The van der Waals surface area contributed by atoms with Crippen molar-refractivity contribution in [1.82, 2.24) is 0 Å². The summed E-state index contributed by atoms with van der Waals surface area (Å²) in [6, 6.07) is 18.6. The van der Waals surface area contributed by atoms with E-state index in [1.807, 2.05) is 12.1 Å². The van der Waals surface area contributed by atoms with Crippen molar-refractivity contribution >= 4 is 70.0 Å². The molecule has 166 valence electrons. The maximum absolute atomic E-state index is 12.9. The number of allylic oxidation sites excluding steroid dienone is 1. The number of rotatable bonds is 6. The molecule has 3 aromatic rings. The van der Waals surface area contributed by atoms with E-state index in [4.69, 9.17) is 28.9 Å². The average molecular weight is 497 g/mol. The Morgan fingerprint density at radius 1 is 1.03 bits per heavy atom. The Morgan fingerprint density at radius 2 is 1.79 bits per heavy atom. The highest BCUT2D eigenvalue weighted by Crippen LogP contribution is 2.34. The van der Waals surface area contributed by atoms with Gasteiger partial charge in [-0.3, -0.25) is 14.4 Å². The van der Waals surface area contributed by atoms with E-state index in [1.165, 1.54) is 22.7 Å². The molecule has 1 fully saturated rings. The van der Waals surface area contributed by atoms with Crippen molar-refractivity contribution in [2.24, 2.45) is 0 Å². The molecule has 5 nitrogen and oxygen atoms in total. The molecule has 1 atom stereocenters. The standard InChI is InChI=1S/C25H18Cl2N2O3S/c26-17-8-4-15(21(27)12-17)7-11-22(30)16-5-9-19(10-6-16)29-24(31)14-23(25(29)32)33-20-3-1-2-18(28)13-20/h1-13,23H,14,28H2/b11-7+. The van der Waals surface area contributed by atoms with E-state index >= 15 is 0 Å². The van der Waals surface area contributed by atoms with Crippen LogP contribution in [0.15, 0.2) is 77.7 Å². The number of carbonyl (C=O) groups excluding carboxylic acids is 3. The van der Waals surface area contributed by atoms with Crippen molar-refractivity contribution < 1.29 is 14.4 Å². The minimum Gasteiger partial charge on any atom is -0.399 e. The molecular formula is C25H18Cl2N2O3S. The smallest absolute Gasteiger partial charge is 0.247 e. The van der Waals surface area contributed by atoms with Crippen LogP contribution in [0.25, 0.3) is 6.08 Å². The lowest BCUT2D eigenvalue weighted by Crippen LogP contribution is -2.31. The minimum atomic E-state index is -0.521. The van der Waals surface area contributed by atoms with Crippen molar-refractivity contribution in [2.45, 2.75) is 16.6 Å². The number of amides is 2. The molecule has 1 heterocycles. The summed E-state index contributed by atoms with van der Waals surface area (Å²) in [6.07, 6.45) is 3.12. The number of halogens is 2. The van der Waals surface area contributed by atoms with E-state index in [-0.39, 0.29) is 24.0 Å². The van der Waals surface area contributed by atoms with Gasteiger partial charge in [0, 0.05) is 32.6 Å². The van der Waals surface area contributed by atoms with Crippen LogP contribution >= 0.6 is 35.0 Å². The predicted octanol–water partition coefficient (Wildman–Crippen LogP) is 5.90. The first-order chi connectivity index (χ1) is 15.8. The Morgan fingerprint density at radius 3 is 2.48 bits per heavy atom. The topological polar surface area (TPSA) is 80.5 Å². The van der Waals surface area contributed by atoms with Crippen LogP contribution in [0.2, 0.25) is 10.0 Å². The van der Waals surface area contributed by atoms with Crippen LogP contribution < -0.4 is 10.6 Å². The lowest BCUT2D eigenvalue weighted by molar-refractivity contribution is -0.121. The van der Waals surface area contributed by atoms with E-state index in [0.717, 1.165) is 4.90 Å². The van der Waals surface area contributed by atoms with Crippen LogP contribution in [0.5, 0.6) is 0 Å². The SMILES string of the molecule is Nc1cccc(SC2CC(=O)N(c3ccc(C(=O)/C=C/c4ccc(Cl)cc4Cl)cc3)C2=O)c1. The number of anilines is 2.